The second-order valence-corrected chi connectivity index (χ2v) is 8.99. The molecule has 1 aromatic rings. The summed E-state index contributed by atoms with van der Waals surface area (Å²) in [6, 6.07) is 7.97. The molecule has 3 saturated heterocycles. The fourth-order valence-electron chi connectivity index (χ4n) is 5.00. The van der Waals surface area contributed by atoms with Crippen LogP contribution in [0.25, 0.3) is 0 Å². The summed E-state index contributed by atoms with van der Waals surface area (Å²) in [6.07, 6.45) is 4.14. The third kappa shape index (κ3) is 4.33. The maximum atomic E-state index is 13.0. The number of benzene rings is 1. The molecule has 158 valence electrons. The van der Waals surface area contributed by atoms with Gasteiger partial charge < -0.3 is 14.5 Å². The van der Waals surface area contributed by atoms with E-state index >= 15 is 0 Å². The summed E-state index contributed by atoms with van der Waals surface area (Å²) < 4.78 is 6.16. The van der Waals surface area contributed by atoms with E-state index in [1.165, 1.54) is 0 Å². The Labute approximate surface area is 173 Å². The molecule has 0 aliphatic carbocycles. The highest BCUT2D eigenvalue weighted by atomic mass is 16.5. The van der Waals surface area contributed by atoms with Gasteiger partial charge >= 0.3 is 0 Å². The third-order valence-electron chi connectivity index (χ3n) is 7.02. The Morgan fingerprint density at radius 1 is 1.17 bits per heavy atom. The van der Waals surface area contributed by atoms with Gasteiger partial charge in [-0.15, -0.1) is 0 Å². The van der Waals surface area contributed by atoms with Crippen molar-refractivity contribution in [3.63, 3.8) is 0 Å². The van der Waals surface area contributed by atoms with Crippen molar-refractivity contribution in [1.82, 2.24) is 14.7 Å². The van der Waals surface area contributed by atoms with Crippen LogP contribution in [0.5, 0.6) is 0 Å². The summed E-state index contributed by atoms with van der Waals surface area (Å²) in [4.78, 5) is 31.0. The molecule has 3 heterocycles. The fourth-order valence-corrected chi connectivity index (χ4v) is 5.00. The summed E-state index contributed by atoms with van der Waals surface area (Å²) >= 11 is 0. The first-order chi connectivity index (χ1) is 14.0. The molecule has 0 radical (unpaired) electrons. The first-order valence-corrected chi connectivity index (χ1v) is 10.9. The first-order valence-electron chi connectivity index (χ1n) is 10.9. The molecular formula is C23H33N3O3. The van der Waals surface area contributed by atoms with Gasteiger partial charge in [0.1, 0.15) is 0 Å². The van der Waals surface area contributed by atoms with Crippen LogP contribution in [0.3, 0.4) is 0 Å². The molecule has 3 aliphatic heterocycles. The zero-order valence-electron chi connectivity index (χ0n) is 17.7. The molecule has 0 N–H and O–H groups in total. The number of piperazine rings is 1. The number of rotatable bonds is 4. The number of likely N-dealkylation sites (N-methyl/N-ethyl adjacent to an activating group) is 1. The number of carbonyl (C=O) groups is 2. The summed E-state index contributed by atoms with van der Waals surface area (Å²) in [5, 5.41) is 0. The maximum Gasteiger partial charge on any atom is 0.254 e. The number of carbonyl (C=O) groups excluding carboxylic acids is 2. The maximum absolute atomic E-state index is 13.0. The summed E-state index contributed by atoms with van der Waals surface area (Å²) in [6.45, 7) is 7.56. The monoisotopic (exact) mass is 399 g/mol. The number of aryl methyl sites for hydroxylation is 1. The molecule has 0 aromatic heterocycles. The second-order valence-electron chi connectivity index (χ2n) is 8.99. The number of amides is 2. The molecule has 1 atom stereocenters. The van der Waals surface area contributed by atoms with E-state index in [9.17, 15) is 9.59 Å². The number of nitrogens with zero attached hydrogens (tertiary/aromatic N) is 3. The molecule has 29 heavy (non-hydrogen) atoms. The minimum Gasteiger partial charge on any atom is -0.376 e. The lowest BCUT2D eigenvalue weighted by molar-refractivity contribution is -0.134. The van der Waals surface area contributed by atoms with Gasteiger partial charge in [-0.05, 0) is 42.7 Å². The van der Waals surface area contributed by atoms with Crippen molar-refractivity contribution in [2.24, 2.45) is 5.41 Å². The van der Waals surface area contributed by atoms with Crippen LogP contribution >= 0.6 is 0 Å². The number of hydrogen-bond donors (Lipinski definition) is 0. The number of hydrogen-bond acceptors (Lipinski definition) is 4. The molecule has 2 amide bonds. The van der Waals surface area contributed by atoms with E-state index in [0.717, 1.165) is 76.1 Å². The molecular weight excluding hydrogens is 366 g/mol. The molecule has 6 nitrogen and oxygen atoms in total. The Morgan fingerprint density at radius 3 is 2.66 bits per heavy atom. The normalized spacial score (nSPS) is 25.0. The van der Waals surface area contributed by atoms with E-state index in [4.69, 9.17) is 4.74 Å². The number of piperidine rings is 1. The van der Waals surface area contributed by atoms with Crippen molar-refractivity contribution in [2.45, 2.75) is 38.7 Å². The average Bonchev–Trinajstić information content (AvgIpc) is 3.12. The van der Waals surface area contributed by atoms with E-state index in [1.807, 2.05) is 30.1 Å². The first kappa shape index (κ1) is 20.4. The van der Waals surface area contributed by atoms with Crippen LogP contribution in [-0.4, -0.2) is 85.5 Å². The molecule has 0 saturated carbocycles. The molecule has 3 fully saturated rings. The third-order valence-corrected chi connectivity index (χ3v) is 7.02. The lowest BCUT2D eigenvalue weighted by Gasteiger charge is -2.39. The molecule has 0 unspecified atom stereocenters. The summed E-state index contributed by atoms with van der Waals surface area (Å²) in [5.41, 5.74) is 2.18. The fraction of sp³-hybridized carbons (Fsp3) is 0.652. The van der Waals surface area contributed by atoms with Crippen LogP contribution in [0.15, 0.2) is 24.3 Å². The van der Waals surface area contributed by atoms with Crippen LogP contribution in [0, 0.1) is 5.41 Å². The van der Waals surface area contributed by atoms with Gasteiger partial charge in [0.2, 0.25) is 5.91 Å². The highest BCUT2D eigenvalue weighted by Crippen LogP contribution is 2.42. The van der Waals surface area contributed by atoms with Gasteiger partial charge in [0, 0.05) is 45.3 Å². The van der Waals surface area contributed by atoms with Gasteiger partial charge in [-0.25, -0.2) is 0 Å². The molecule has 0 bridgehead atoms. The van der Waals surface area contributed by atoms with Gasteiger partial charge in [-0.2, -0.15) is 0 Å². The van der Waals surface area contributed by atoms with Crippen molar-refractivity contribution in [3.05, 3.63) is 35.4 Å². The quantitative estimate of drug-likeness (QED) is 0.778. The van der Waals surface area contributed by atoms with Crippen LogP contribution in [0.2, 0.25) is 0 Å². The van der Waals surface area contributed by atoms with Crippen molar-refractivity contribution in [2.75, 3.05) is 52.9 Å². The minimum atomic E-state index is 0.170. The van der Waals surface area contributed by atoms with E-state index in [-0.39, 0.29) is 23.3 Å². The smallest absolute Gasteiger partial charge is 0.254 e. The topological polar surface area (TPSA) is 53.1 Å². The van der Waals surface area contributed by atoms with E-state index in [2.05, 4.69) is 17.9 Å². The van der Waals surface area contributed by atoms with Crippen molar-refractivity contribution in [3.8, 4) is 0 Å². The van der Waals surface area contributed by atoms with E-state index < -0.39 is 0 Å². The van der Waals surface area contributed by atoms with Gasteiger partial charge in [0.25, 0.3) is 5.91 Å². The zero-order valence-corrected chi connectivity index (χ0v) is 17.7. The zero-order chi connectivity index (χ0) is 20.4. The minimum absolute atomic E-state index is 0.170. The molecule has 1 spiro atoms. The van der Waals surface area contributed by atoms with Gasteiger partial charge in [0.15, 0.2) is 0 Å². The van der Waals surface area contributed by atoms with Crippen LogP contribution < -0.4 is 0 Å². The van der Waals surface area contributed by atoms with E-state index in [0.29, 0.717) is 6.54 Å². The highest BCUT2D eigenvalue weighted by Gasteiger charge is 2.43. The van der Waals surface area contributed by atoms with Crippen LogP contribution in [0.4, 0.5) is 0 Å². The SMILES string of the molecule is CCc1ccccc1C(=O)N1CCC2(CC1)CO[C@@H](CN1CCN(C)C(=O)C1)C2. The second kappa shape index (κ2) is 8.44. The Kier molecular flexibility index (Phi) is 5.93. The van der Waals surface area contributed by atoms with Crippen molar-refractivity contribution >= 4 is 11.8 Å². The molecule has 6 heteroatoms. The summed E-state index contributed by atoms with van der Waals surface area (Å²) in [5.74, 6) is 0.367. The Morgan fingerprint density at radius 2 is 1.93 bits per heavy atom. The lowest BCUT2D eigenvalue weighted by atomic mass is 9.76. The standard InChI is InChI=1S/C23H33N3O3/c1-3-18-6-4-5-7-20(18)22(28)26-10-8-23(9-11-26)14-19(29-17-23)15-25-13-12-24(2)21(27)16-25/h4-7,19H,3,8-17H2,1-2H3/t19-/m1/s1. The predicted octanol–water partition coefficient (Wildman–Crippen LogP) is 2.03. The van der Waals surface area contributed by atoms with Crippen LogP contribution in [-0.2, 0) is 16.0 Å². The Hall–Kier alpha value is -1.92. The lowest BCUT2D eigenvalue weighted by Crippen LogP contribution is -2.50. The van der Waals surface area contributed by atoms with Crippen LogP contribution in [0.1, 0.15) is 42.1 Å². The predicted molar refractivity (Wildman–Crippen MR) is 112 cm³/mol. The molecule has 3 aliphatic rings. The Balaban J connectivity index is 1.30. The van der Waals surface area contributed by atoms with Crippen molar-refractivity contribution in [1.29, 1.82) is 0 Å². The van der Waals surface area contributed by atoms with E-state index in [1.54, 1.807) is 4.90 Å². The van der Waals surface area contributed by atoms with Gasteiger partial charge in [-0.3, -0.25) is 14.5 Å². The molecule has 4 rings (SSSR count). The number of ether oxygens (including phenoxy) is 1. The van der Waals surface area contributed by atoms with Gasteiger partial charge in [0.05, 0.1) is 19.3 Å². The van der Waals surface area contributed by atoms with Crippen molar-refractivity contribution < 1.29 is 14.3 Å². The summed E-state index contributed by atoms with van der Waals surface area (Å²) in [7, 11) is 1.87. The van der Waals surface area contributed by atoms with Gasteiger partial charge in [-0.1, -0.05) is 25.1 Å². The highest BCUT2D eigenvalue weighted by molar-refractivity contribution is 5.95. The average molecular weight is 400 g/mol. The molecule has 1 aromatic carbocycles. The largest absolute Gasteiger partial charge is 0.376 e. The Bertz CT molecular complexity index is 757. The number of likely N-dealkylation sites (tertiary alicyclic amines) is 1.